The number of hydrogen-bond donors (Lipinski definition) is 2. The number of aryl methyl sites for hydroxylation is 2. The van der Waals surface area contributed by atoms with E-state index in [4.69, 9.17) is 4.79 Å². The molecule has 0 saturated heterocycles. The zero-order valence-electron chi connectivity index (χ0n) is 28.3. The molecule has 43 heavy (non-hydrogen) atoms. The predicted octanol–water partition coefficient (Wildman–Crippen LogP) is 9.12. The van der Waals surface area contributed by atoms with Gasteiger partial charge in [-0.25, -0.2) is 8.78 Å². The average Bonchev–Trinajstić information content (AvgIpc) is 3.20. The van der Waals surface area contributed by atoms with Crippen molar-refractivity contribution in [2.24, 2.45) is 5.41 Å². The van der Waals surface area contributed by atoms with Crippen LogP contribution >= 0.6 is 0 Å². The second-order valence-corrected chi connectivity index (χ2v) is 11.2. The van der Waals surface area contributed by atoms with Crippen molar-refractivity contribution in [2.45, 2.75) is 72.8 Å². The molecule has 1 fully saturated rings. The summed E-state index contributed by atoms with van der Waals surface area (Å²) in [5.41, 5.74) is 6.68. The Morgan fingerprint density at radius 2 is 1.51 bits per heavy atom. The van der Waals surface area contributed by atoms with E-state index in [1.807, 2.05) is 60.7 Å². The highest BCUT2D eigenvalue weighted by Crippen LogP contribution is 2.56. The van der Waals surface area contributed by atoms with Gasteiger partial charge in [0.25, 0.3) is 0 Å². The molecule has 0 aliphatic heterocycles. The first-order chi connectivity index (χ1) is 20.2. The van der Waals surface area contributed by atoms with Gasteiger partial charge in [0.2, 0.25) is 0 Å². The highest BCUT2D eigenvalue weighted by atomic mass is 19.1. The second kappa shape index (κ2) is 21.4. The standard InChI is InChI=1S/C15H22O.C9H12FN.C7H7F.C3H9N.C2H4.CH2O/c1-5-6-12-10-14(3)13(9-11(12)2)7-8-15(14,4)16;1-3-7-6-8(10)4-5-9(7)11-2;1-6-2-4-7(8)5-3-6;1-4(2)3;2*1-2/h5-6,9,16H,7-8,10H2,1-4H3;4-6,11H,3H2,1-2H3;2-5H,1H3;1-3H3;1-2H2;1H2/b6-5-;;;;;. The van der Waals surface area contributed by atoms with E-state index in [-0.39, 0.29) is 17.0 Å². The van der Waals surface area contributed by atoms with E-state index < -0.39 is 5.60 Å². The van der Waals surface area contributed by atoms with Crippen molar-refractivity contribution in [3.8, 4) is 0 Å². The maximum atomic E-state index is 12.6. The zero-order chi connectivity index (χ0) is 33.8. The molecular formula is C37H56F2N2O2. The molecule has 2 aromatic rings. The number of anilines is 1. The van der Waals surface area contributed by atoms with E-state index in [2.05, 4.69) is 57.5 Å². The van der Waals surface area contributed by atoms with Crippen LogP contribution in [0.2, 0.25) is 0 Å². The van der Waals surface area contributed by atoms with E-state index in [0.29, 0.717) is 0 Å². The third-order valence-corrected chi connectivity index (χ3v) is 7.32. The lowest BCUT2D eigenvalue weighted by molar-refractivity contribution is -0.0980. The molecule has 2 atom stereocenters. The summed E-state index contributed by atoms with van der Waals surface area (Å²) in [5, 5.41) is 13.5. The van der Waals surface area contributed by atoms with Crippen LogP contribution in [-0.2, 0) is 11.2 Å². The molecule has 0 heterocycles. The molecule has 0 aromatic heterocycles. The lowest BCUT2D eigenvalue weighted by Crippen LogP contribution is -2.40. The first-order valence-electron chi connectivity index (χ1n) is 14.5. The molecule has 2 aliphatic carbocycles. The van der Waals surface area contributed by atoms with Gasteiger partial charge in [-0.05, 0) is 122 Å². The molecule has 2 unspecified atom stereocenters. The molecule has 2 aliphatic rings. The highest BCUT2D eigenvalue weighted by Gasteiger charge is 2.51. The molecule has 6 heteroatoms. The Morgan fingerprint density at radius 1 is 1.00 bits per heavy atom. The Bertz CT molecular complexity index is 1140. The van der Waals surface area contributed by atoms with Crippen molar-refractivity contribution < 1.29 is 18.7 Å². The molecule has 4 rings (SSSR count). The minimum Gasteiger partial charge on any atom is -0.389 e. The summed E-state index contributed by atoms with van der Waals surface area (Å²) in [4.78, 5) is 10.0. The van der Waals surface area contributed by atoms with Crippen molar-refractivity contribution in [1.82, 2.24) is 4.90 Å². The topological polar surface area (TPSA) is 52.6 Å². The molecule has 2 N–H and O–H groups in total. The third-order valence-electron chi connectivity index (χ3n) is 7.32. The van der Waals surface area contributed by atoms with Crippen molar-refractivity contribution in [3.05, 3.63) is 113 Å². The number of carbonyl (C=O) groups excluding carboxylic acids is 1. The molecule has 4 nitrogen and oxygen atoms in total. The van der Waals surface area contributed by atoms with Crippen LogP contribution in [0, 0.1) is 24.0 Å². The average molecular weight is 599 g/mol. The van der Waals surface area contributed by atoms with E-state index in [9.17, 15) is 13.9 Å². The first kappa shape index (κ1) is 41.8. The van der Waals surface area contributed by atoms with Gasteiger partial charge in [0, 0.05) is 18.2 Å². The summed E-state index contributed by atoms with van der Waals surface area (Å²) < 4.78 is 24.7. The maximum absolute atomic E-state index is 12.6. The number of carbonyl (C=O) groups is 1. The van der Waals surface area contributed by atoms with Gasteiger partial charge in [-0.3, -0.25) is 0 Å². The SMILES string of the molecule is C/C=C\C1=C(C)C=C2CCC(C)(O)C2(C)C1.C=C.C=O.CCc1cc(F)ccc1NC.CN(C)C.Cc1ccc(F)cc1. The Kier molecular flexibility index (Phi) is 20.8. The summed E-state index contributed by atoms with van der Waals surface area (Å²) >= 11 is 0. The molecule has 0 bridgehead atoms. The van der Waals surface area contributed by atoms with Crippen molar-refractivity contribution in [1.29, 1.82) is 0 Å². The Labute approximate surface area is 260 Å². The van der Waals surface area contributed by atoms with Crippen LogP contribution in [0.3, 0.4) is 0 Å². The molecule has 0 spiro atoms. The fraction of sp³-hybridized carbons (Fsp3) is 0.432. The zero-order valence-corrected chi connectivity index (χ0v) is 28.3. The molecule has 240 valence electrons. The summed E-state index contributed by atoms with van der Waals surface area (Å²) in [6, 6.07) is 11.2. The molecule has 0 amide bonds. The van der Waals surface area contributed by atoms with Crippen LogP contribution in [0.15, 0.2) is 90.6 Å². The molecule has 0 radical (unpaired) electrons. The first-order valence-corrected chi connectivity index (χ1v) is 14.5. The smallest absolute Gasteiger partial charge is 0.123 e. The van der Waals surface area contributed by atoms with Crippen LogP contribution in [0.1, 0.15) is 65.0 Å². The fourth-order valence-electron chi connectivity index (χ4n) is 4.71. The third kappa shape index (κ3) is 14.1. The van der Waals surface area contributed by atoms with Gasteiger partial charge in [-0.1, -0.05) is 55.3 Å². The van der Waals surface area contributed by atoms with Gasteiger partial charge in [0.05, 0.1) is 5.60 Å². The van der Waals surface area contributed by atoms with E-state index in [1.165, 1.54) is 34.9 Å². The van der Waals surface area contributed by atoms with Crippen molar-refractivity contribution >= 4 is 12.5 Å². The minimum absolute atomic E-state index is 0.0542. The number of nitrogens with zero attached hydrogens (tertiary/aromatic N) is 1. The number of allylic oxidation sites excluding steroid dienone is 5. The maximum Gasteiger partial charge on any atom is 0.123 e. The Balaban J connectivity index is 0. The van der Waals surface area contributed by atoms with Crippen LogP contribution in [0.25, 0.3) is 0 Å². The molecular weight excluding hydrogens is 542 g/mol. The minimum atomic E-state index is -0.549. The van der Waals surface area contributed by atoms with E-state index >= 15 is 0 Å². The summed E-state index contributed by atoms with van der Waals surface area (Å²) in [5.74, 6) is -0.337. The Hall–Kier alpha value is -3.35. The lowest BCUT2D eigenvalue weighted by Gasteiger charge is -2.41. The number of nitrogens with one attached hydrogen (secondary N) is 1. The van der Waals surface area contributed by atoms with Gasteiger partial charge < -0.3 is 20.1 Å². The summed E-state index contributed by atoms with van der Waals surface area (Å²) in [6.07, 6.45) is 10.3. The quantitative estimate of drug-likeness (QED) is 0.346. The van der Waals surface area contributed by atoms with Crippen LogP contribution in [-0.4, -0.2) is 50.6 Å². The number of hydrogen-bond acceptors (Lipinski definition) is 4. The molecule has 2 aromatic carbocycles. The summed E-state index contributed by atoms with van der Waals surface area (Å²) in [7, 11) is 7.84. The predicted molar refractivity (Wildman–Crippen MR) is 183 cm³/mol. The van der Waals surface area contributed by atoms with Crippen molar-refractivity contribution in [2.75, 3.05) is 33.5 Å². The lowest BCUT2D eigenvalue weighted by atomic mass is 9.67. The highest BCUT2D eigenvalue weighted by molar-refractivity contribution is 5.50. The largest absolute Gasteiger partial charge is 0.389 e. The van der Waals surface area contributed by atoms with Crippen LogP contribution in [0.5, 0.6) is 0 Å². The van der Waals surface area contributed by atoms with Gasteiger partial charge in [0.15, 0.2) is 0 Å². The number of aliphatic hydroxyl groups is 1. The Morgan fingerprint density at radius 3 is 1.95 bits per heavy atom. The number of rotatable bonds is 3. The van der Waals surface area contributed by atoms with Crippen molar-refractivity contribution in [3.63, 3.8) is 0 Å². The van der Waals surface area contributed by atoms with Gasteiger partial charge in [-0.2, -0.15) is 0 Å². The molecule has 1 saturated carbocycles. The van der Waals surface area contributed by atoms with Crippen LogP contribution in [0.4, 0.5) is 14.5 Å². The summed E-state index contributed by atoms with van der Waals surface area (Å²) in [6.45, 7) is 20.4. The van der Waals surface area contributed by atoms with Gasteiger partial charge in [0.1, 0.15) is 18.4 Å². The second-order valence-electron chi connectivity index (χ2n) is 11.2. The van der Waals surface area contributed by atoms with Crippen LogP contribution < -0.4 is 5.32 Å². The number of benzene rings is 2. The monoisotopic (exact) mass is 598 g/mol. The van der Waals surface area contributed by atoms with Gasteiger partial charge >= 0.3 is 0 Å². The normalized spacial score (nSPS) is 19.8. The number of halogens is 2. The van der Waals surface area contributed by atoms with E-state index in [1.54, 1.807) is 24.3 Å². The fourth-order valence-corrected chi connectivity index (χ4v) is 4.71. The van der Waals surface area contributed by atoms with Gasteiger partial charge in [-0.15, -0.1) is 13.2 Å². The number of fused-ring (bicyclic) bond motifs is 1. The van der Waals surface area contributed by atoms with E-state index in [0.717, 1.165) is 42.5 Å².